The molecular formula is C15H21N5. The molecule has 2 rings (SSSR count). The Morgan fingerprint density at radius 2 is 1.95 bits per heavy atom. The molecule has 0 aliphatic heterocycles. The van der Waals surface area contributed by atoms with Crippen LogP contribution in [0.15, 0.2) is 36.7 Å². The van der Waals surface area contributed by atoms with Crippen molar-refractivity contribution in [3.8, 4) is 0 Å². The zero-order chi connectivity index (χ0) is 14.4. The van der Waals surface area contributed by atoms with Gasteiger partial charge in [-0.1, -0.05) is 43.7 Å². The quantitative estimate of drug-likeness (QED) is 0.623. The van der Waals surface area contributed by atoms with E-state index in [2.05, 4.69) is 39.4 Å². The van der Waals surface area contributed by atoms with E-state index in [4.69, 9.17) is 5.84 Å². The third-order valence-corrected chi connectivity index (χ3v) is 3.18. The molecule has 20 heavy (non-hydrogen) atoms. The van der Waals surface area contributed by atoms with E-state index in [0.29, 0.717) is 5.82 Å². The van der Waals surface area contributed by atoms with Gasteiger partial charge in [-0.05, 0) is 12.0 Å². The first kappa shape index (κ1) is 14.3. The topological polar surface area (TPSA) is 67.1 Å². The number of hydrogen-bond donors (Lipinski definition) is 2. The molecule has 0 amide bonds. The van der Waals surface area contributed by atoms with Gasteiger partial charge in [-0.3, -0.25) is 0 Å². The first-order valence-electron chi connectivity index (χ1n) is 6.81. The van der Waals surface area contributed by atoms with Gasteiger partial charge in [0, 0.05) is 19.2 Å². The van der Waals surface area contributed by atoms with Crippen LogP contribution in [0.2, 0.25) is 0 Å². The molecule has 0 bridgehead atoms. The highest BCUT2D eigenvalue weighted by Crippen LogP contribution is 2.24. The van der Waals surface area contributed by atoms with Gasteiger partial charge in [0.2, 0.25) is 0 Å². The van der Waals surface area contributed by atoms with E-state index in [1.807, 2.05) is 25.2 Å². The Morgan fingerprint density at radius 1 is 1.20 bits per heavy atom. The fourth-order valence-electron chi connectivity index (χ4n) is 2.27. The van der Waals surface area contributed by atoms with Gasteiger partial charge in [-0.2, -0.15) is 0 Å². The van der Waals surface area contributed by atoms with Crippen LogP contribution in [0.1, 0.15) is 24.5 Å². The van der Waals surface area contributed by atoms with Crippen LogP contribution in [0.4, 0.5) is 11.6 Å². The molecule has 0 aliphatic carbocycles. The van der Waals surface area contributed by atoms with Crippen LogP contribution < -0.4 is 16.2 Å². The number of aromatic nitrogens is 2. The average Bonchev–Trinajstić information content (AvgIpc) is 2.48. The molecule has 3 N–H and O–H groups in total. The predicted molar refractivity (Wildman–Crippen MR) is 82.4 cm³/mol. The van der Waals surface area contributed by atoms with Crippen molar-refractivity contribution in [1.29, 1.82) is 0 Å². The van der Waals surface area contributed by atoms with Crippen molar-refractivity contribution in [2.75, 3.05) is 17.4 Å². The van der Waals surface area contributed by atoms with E-state index in [-0.39, 0.29) is 0 Å². The first-order valence-corrected chi connectivity index (χ1v) is 6.81. The molecule has 5 heteroatoms. The first-order chi connectivity index (χ1) is 9.76. The second-order valence-electron chi connectivity index (χ2n) is 4.76. The number of rotatable bonds is 6. The number of nitrogens with one attached hydrogen (secondary N) is 1. The van der Waals surface area contributed by atoms with Crippen molar-refractivity contribution in [2.24, 2.45) is 5.84 Å². The molecule has 0 saturated carbocycles. The number of hydrazine groups is 1. The molecular weight excluding hydrogens is 250 g/mol. The summed E-state index contributed by atoms with van der Waals surface area (Å²) in [5.41, 5.74) is 4.98. The van der Waals surface area contributed by atoms with Gasteiger partial charge in [-0.25, -0.2) is 15.8 Å². The standard InChI is InChI=1S/C15H21N5/c1-3-7-13-14(19-16)17-11-18-15(13)20(2)10-12-8-5-4-6-9-12/h4-6,8-9,11H,3,7,10,16H2,1-2H3,(H,17,18,19). The summed E-state index contributed by atoms with van der Waals surface area (Å²) in [5, 5.41) is 0. The summed E-state index contributed by atoms with van der Waals surface area (Å²) < 4.78 is 0. The molecule has 1 heterocycles. The van der Waals surface area contributed by atoms with E-state index < -0.39 is 0 Å². The molecule has 1 aromatic carbocycles. The molecule has 106 valence electrons. The minimum Gasteiger partial charge on any atom is -0.355 e. The number of nitrogen functional groups attached to an aromatic ring is 1. The summed E-state index contributed by atoms with van der Waals surface area (Å²) in [6.07, 6.45) is 3.47. The van der Waals surface area contributed by atoms with E-state index in [1.54, 1.807) is 6.33 Å². The van der Waals surface area contributed by atoms with Crippen LogP contribution >= 0.6 is 0 Å². The minimum absolute atomic E-state index is 0.705. The van der Waals surface area contributed by atoms with Crippen molar-refractivity contribution in [2.45, 2.75) is 26.3 Å². The lowest BCUT2D eigenvalue weighted by Crippen LogP contribution is -2.21. The van der Waals surface area contributed by atoms with Crippen LogP contribution in [-0.2, 0) is 13.0 Å². The molecule has 0 unspecified atom stereocenters. The lowest BCUT2D eigenvalue weighted by atomic mass is 10.1. The largest absolute Gasteiger partial charge is 0.355 e. The Bertz CT molecular complexity index is 541. The second-order valence-corrected chi connectivity index (χ2v) is 4.76. The Kier molecular flexibility index (Phi) is 4.90. The summed E-state index contributed by atoms with van der Waals surface area (Å²) in [5.74, 6) is 7.18. The predicted octanol–water partition coefficient (Wildman–Crippen LogP) is 2.35. The summed E-state index contributed by atoms with van der Waals surface area (Å²) in [4.78, 5) is 10.7. The highest BCUT2D eigenvalue weighted by atomic mass is 15.3. The summed E-state index contributed by atoms with van der Waals surface area (Å²) in [6, 6.07) is 10.3. The smallest absolute Gasteiger partial charge is 0.148 e. The van der Waals surface area contributed by atoms with Crippen LogP contribution in [0.25, 0.3) is 0 Å². The lowest BCUT2D eigenvalue weighted by Gasteiger charge is -2.22. The van der Waals surface area contributed by atoms with E-state index in [1.165, 1.54) is 5.56 Å². The summed E-state index contributed by atoms with van der Waals surface area (Å²) in [6.45, 7) is 2.94. The van der Waals surface area contributed by atoms with Crippen LogP contribution in [0.5, 0.6) is 0 Å². The van der Waals surface area contributed by atoms with Crippen molar-refractivity contribution >= 4 is 11.6 Å². The van der Waals surface area contributed by atoms with Gasteiger partial charge < -0.3 is 10.3 Å². The molecule has 2 aromatic rings. The third kappa shape index (κ3) is 3.24. The second kappa shape index (κ2) is 6.86. The maximum atomic E-state index is 5.54. The number of benzene rings is 1. The van der Waals surface area contributed by atoms with Crippen molar-refractivity contribution in [3.05, 3.63) is 47.8 Å². The SMILES string of the molecule is CCCc1c(NN)ncnc1N(C)Cc1ccccc1. The zero-order valence-electron chi connectivity index (χ0n) is 12.0. The minimum atomic E-state index is 0.705. The normalized spacial score (nSPS) is 10.3. The number of nitrogens with zero attached hydrogens (tertiary/aromatic N) is 3. The Labute approximate surface area is 119 Å². The Balaban J connectivity index is 2.26. The maximum Gasteiger partial charge on any atom is 0.148 e. The van der Waals surface area contributed by atoms with E-state index >= 15 is 0 Å². The Hall–Kier alpha value is -2.14. The number of anilines is 2. The van der Waals surface area contributed by atoms with Gasteiger partial charge in [0.05, 0.1) is 0 Å². The van der Waals surface area contributed by atoms with E-state index in [0.717, 1.165) is 30.8 Å². The van der Waals surface area contributed by atoms with Crippen LogP contribution in [0.3, 0.4) is 0 Å². The maximum absolute atomic E-state index is 5.54. The van der Waals surface area contributed by atoms with Gasteiger partial charge in [0.15, 0.2) is 0 Å². The van der Waals surface area contributed by atoms with Gasteiger partial charge in [-0.15, -0.1) is 0 Å². The number of nitrogens with two attached hydrogens (primary N) is 1. The van der Waals surface area contributed by atoms with Gasteiger partial charge >= 0.3 is 0 Å². The van der Waals surface area contributed by atoms with Gasteiger partial charge in [0.25, 0.3) is 0 Å². The fourth-order valence-corrected chi connectivity index (χ4v) is 2.27. The molecule has 1 aromatic heterocycles. The van der Waals surface area contributed by atoms with Crippen LogP contribution in [-0.4, -0.2) is 17.0 Å². The number of hydrogen-bond acceptors (Lipinski definition) is 5. The highest BCUT2D eigenvalue weighted by Gasteiger charge is 2.13. The molecule has 0 spiro atoms. The van der Waals surface area contributed by atoms with Crippen molar-refractivity contribution in [3.63, 3.8) is 0 Å². The van der Waals surface area contributed by atoms with Crippen molar-refractivity contribution in [1.82, 2.24) is 9.97 Å². The molecule has 0 radical (unpaired) electrons. The lowest BCUT2D eigenvalue weighted by molar-refractivity contribution is 0.843. The molecule has 0 fully saturated rings. The summed E-state index contributed by atoms with van der Waals surface area (Å²) >= 11 is 0. The molecule has 0 aliphatic rings. The van der Waals surface area contributed by atoms with Crippen molar-refractivity contribution < 1.29 is 0 Å². The highest BCUT2D eigenvalue weighted by molar-refractivity contribution is 5.58. The molecule has 0 saturated heterocycles. The van der Waals surface area contributed by atoms with Crippen LogP contribution in [0, 0.1) is 0 Å². The Morgan fingerprint density at radius 3 is 2.60 bits per heavy atom. The fraction of sp³-hybridized carbons (Fsp3) is 0.333. The summed E-state index contributed by atoms with van der Waals surface area (Å²) in [7, 11) is 2.04. The molecule has 5 nitrogen and oxygen atoms in total. The zero-order valence-corrected chi connectivity index (χ0v) is 12.0. The van der Waals surface area contributed by atoms with E-state index in [9.17, 15) is 0 Å². The van der Waals surface area contributed by atoms with Gasteiger partial charge in [0.1, 0.15) is 18.0 Å². The monoisotopic (exact) mass is 271 g/mol. The third-order valence-electron chi connectivity index (χ3n) is 3.18. The molecule has 0 atom stereocenters. The average molecular weight is 271 g/mol.